The summed E-state index contributed by atoms with van der Waals surface area (Å²) in [5, 5.41) is 25.5. The number of aliphatic imine (C=N–C) groups is 1. The van der Waals surface area contributed by atoms with Crippen LogP contribution in [0, 0.1) is 17.8 Å². The number of sulfonamides is 1. The predicted molar refractivity (Wildman–Crippen MR) is 178 cm³/mol. The van der Waals surface area contributed by atoms with Gasteiger partial charge in [0.15, 0.2) is 12.2 Å². The average Bonchev–Trinajstić information content (AvgIpc) is 3.72. The standard InChI is InChI=1S/C34H46N4O8S/c1-21(2)16-35-17-27-26-15-24(10-11-28(26)36-32(27)40)47(42,43)38(18-22(3)4)19-30(39)29(14-23-8-6-5-7-9-23)37-34(41)46-31-20-45-33-25(31)12-13-44-33/h5-11,15,17,21-22,25,29-31,33,36,39-40H,12-14,16,18-20H2,1-4H3,(H,37,41)/t25?,29-,30+,31-,33?/m0/s1. The zero-order valence-electron chi connectivity index (χ0n) is 27.3. The molecule has 1 amide bonds. The van der Waals surface area contributed by atoms with E-state index in [4.69, 9.17) is 14.2 Å². The molecule has 2 fully saturated rings. The molecule has 0 aliphatic carbocycles. The van der Waals surface area contributed by atoms with E-state index in [9.17, 15) is 23.4 Å². The van der Waals surface area contributed by atoms with E-state index in [1.807, 2.05) is 58.0 Å². The summed E-state index contributed by atoms with van der Waals surface area (Å²) in [6, 6.07) is 13.1. The first-order chi connectivity index (χ1) is 22.4. The zero-order chi connectivity index (χ0) is 33.7. The highest BCUT2D eigenvalue weighted by Crippen LogP contribution is 2.33. The number of aliphatic hydroxyl groups is 1. The van der Waals surface area contributed by atoms with Crippen LogP contribution >= 0.6 is 0 Å². The number of aliphatic hydroxyl groups excluding tert-OH is 1. The summed E-state index contributed by atoms with van der Waals surface area (Å²) in [6.07, 6.45) is -0.329. The maximum absolute atomic E-state index is 14.2. The summed E-state index contributed by atoms with van der Waals surface area (Å²) < 4.78 is 46.4. The van der Waals surface area contributed by atoms with Crippen molar-refractivity contribution in [2.75, 3.05) is 32.8 Å². The van der Waals surface area contributed by atoms with E-state index in [1.165, 1.54) is 16.4 Å². The third kappa shape index (κ3) is 8.52. The molecular weight excluding hydrogens is 624 g/mol. The second kappa shape index (κ2) is 15.2. The van der Waals surface area contributed by atoms with Crippen LogP contribution in [0.4, 0.5) is 4.79 Å². The molecule has 12 nitrogen and oxygen atoms in total. The van der Waals surface area contributed by atoms with Gasteiger partial charge in [-0.1, -0.05) is 58.0 Å². The van der Waals surface area contributed by atoms with E-state index >= 15 is 0 Å². The zero-order valence-corrected chi connectivity index (χ0v) is 28.2. The summed E-state index contributed by atoms with van der Waals surface area (Å²) in [5.41, 5.74) is 1.83. The number of carbonyl (C=O) groups excluding carboxylic acids is 1. The minimum absolute atomic E-state index is 0.0110. The van der Waals surface area contributed by atoms with Gasteiger partial charge in [-0.15, -0.1) is 0 Å². The SMILES string of the molecule is CC(C)CN=Cc1c(O)[nH]c2ccc(S(=O)(=O)N(CC(C)C)C[C@@H](O)[C@H](Cc3ccccc3)NC(=O)O[C@H]3COC4OCCC43)cc12. The van der Waals surface area contributed by atoms with Crippen LogP contribution in [0.3, 0.4) is 0 Å². The quantitative estimate of drug-likeness (QED) is 0.187. The van der Waals surface area contributed by atoms with Crippen LogP contribution in [0.2, 0.25) is 0 Å². The lowest BCUT2D eigenvalue weighted by atomic mass is 10.0. The van der Waals surface area contributed by atoms with Crippen molar-refractivity contribution in [2.24, 2.45) is 22.7 Å². The predicted octanol–water partition coefficient (Wildman–Crippen LogP) is 4.05. The normalized spacial score (nSPS) is 21.2. The molecule has 4 N–H and O–H groups in total. The number of carbonyl (C=O) groups is 1. The van der Waals surface area contributed by atoms with Gasteiger partial charge < -0.3 is 34.7 Å². The topological polar surface area (TPSA) is 163 Å². The Morgan fingerprint density at radius 1 is 1.13 bits per heavy atom. The number of rotatable bonds is 14. The van der Waals surface area contributed by atoms with Crippen LogP contribution in [-0.4, -0.2) is 97.6 Å². The van der Waals surface area contributed by atoms with Crippen LogP contribution in [-0.2, 0) is 30.7 Å². The lowest BCUT2D eigenvalue weighted by molar-refractivity contribution is -0.0907. The van der Waals surface area contributed by atoms with Crippen molar-refractivity contribution in [1.29, 1.82) is 0 Å². The number of benzene rings is 2. The molecule has 2 aliphatic heterocycles. The molecule has 0 saturated carbocycles. The first-order valence-electron chi connectivity index (χ1n) is 16.2. The van der Waals surface area contributed by atoms with E-state index in [0.717, 1.165) is 12.0 Å². The third-order valence-corrected chi connectivity index (χ3v) is 10.2. The number of hydrogen-bond acceptors (Lipinski definition) is 9. The van der Waals surface area contributed by atoms with Gasteiger partial charge in [0.05, 0.1) is 41.7 Å². The number of fused-ring (bicyclic) bond motifs is 2. The maximum Gasteiger partial charge on any atom is 0.407 e. The highest BCUT2D eigenvalue weighted by atomic mass is 32.2. The van der Waals surface area contributed by atoms with E-state index < -0.39 is 34.4 Å². The van der Waals surface area contributed by atoms with Crippen LogP contribution in [0.25, 0.3) is 10.9 Å². The van der Waals surface area contributed by atoms with Gasteiger partial charge in [-0.2, -0.15) is 4.31 Å². The van der Waals surface area contributed by atoms with Gasteiger partial charge in [0.25, 0.3) is 0 Å². The van der Waals surface area contributed by atoms with E-state index in [2.05, 4.69) is 15.3 Å². The molecule has 256 valence electrons. The van der Waals surface area contributed by atoms with Gasteiger partial charge in [0.2, 0.25) is 10.0 Å². The fourth-order valence-electron chi connectivity index (χ4n) is 6.01. The Labute approximate surface area is 276 Å². The smallest absolute Gasteiger partial charge is 0.407 e. The molecule has 0 radical (unpaired) electrons. The number of nitrogens with one attached hydrogen (secondary N) is 2. The molecule has 2 aliphatic rings. The molecule has 2 saturated heterocycles. The molecule has 3 aromatic rings. The van der Waals surface area contributed by atoms with Crippen molar-refractivity contribution in [3.8, 4) is 5.88 Å². The van der Waals surface area contributed by atoms with Gasteiger partial charge in [-0.3, -0.25) is 4.99 Å². The van der Waals surface area contributed by atoms with Crippen LogP contribution in [0.1, 0.15) is 45.2 Å². The van der Waals surface area contributed by atoms with Crippen molar-refractivity contribution in [2.45, 2.75) is 70.0 Å². The number of aromatic hydroxyl groups is 1. The molecule has 5 atom stereocenters. The minimum atomic E-state index is -4.13. The first kappa shape index (κ1) is 34.8. The van der Waals surface area contributed by atoms with Crippen molar-refractivity contribution < 1.29 is 37.6 Å². The fraction of sp³-hybridized carbons (Fsp3) is 0.529. The lowest BCUT2D eigenvalue weighted by Crippen LogP contribution is -2.51. The summed E-state index contributed by atoms with van der Waals surface area (Å²) in [4.78, 5) is 20.4. The fourth-order valence-corrected chi connectivity index (χ4v) is 7.66. The minimum Gasteiger partial charge on any atom is -0.494 e. The number of hydrogen-bond donors (Lipinski definition) is 4. The molecule has 3 heterocycles. The molecular formula is C34H46N4O8S. The summed E-state index contributed by atoms with van der Waals surface area (Å²) in [7, 11) is -4.13. The Morgan fingerprint density at radius 3 is 2.62 bits per heavy atom. The number of ether oxygens (including phenoxy) is 3. The second-order valence-electron chi connectivity index (χ2n) is 13.2. The van der Waals surface area contributed by atoms with Crippen LogP contribution in [0.5, 0.6) is 5.88 Å². The Bertz CT molecular complexity index is 1640. The highest BCUT2D eigenvalue weighted by Gasteiger charge is 2.44. The second-order valence-corrected chi connectivity index (χ2v) is 15.1. The average molecular weight is 671 g/mol. The summed E-state index contributed by atoms with van der Waals surface area (Å²) >= 11 is 0. The third-order valence-electron chi connectivity index (χ3n) is 8.39. The number of amides is 1. The molecule has 2 unspecified atom stereocenters. The van der Waals surface area contributed by atoms with Crippen molar-refractivity contribution >= 4 is 33.2 Å². The van der Waals surface area contributed by atoms with Crippen molar-refractivity contribution in [3.05, 3.63) is 59.7 Å². The van der Waals surface area contributed by atoms with E-state index in [0.29, 0.717) is 35.5 Å². The van der Waals surface area contributed by atoms with E-state index in [-0.39, 0.29) is 55.0 Å². The summed E-state index contributed by atoms with van der Waals surface area (Å²) in [5.74, 6) is 0.105. The lowest BCUT2D eigenvalue weighted by Gasteiger charge is -2.31. The Balaban J connectivity index is 1.38. The molecule has 0 bridgehead atoms. The van der Waals surface area contributed by atoms with Gasteiger partial charge in [-0.25, -0.2) is 13.2 Å². The monoisotopic (exact) mass is 670 g/mol. The van der Waals surface area contributed by atoms with Crippen molar-refractivity contribution in [1.82, 2.24) is 14.6 Å². The Hall–Kier alpha value is -3.49. The Kier molecular flexibility index (Phi) is 11.2. The number of aromatic amines is 1. The molecule has 5 rings (SSSR count). The van der Waals surface area contributed by atoms with Gasteiger partial charge in [-0.05, 0) is 48.4 Å². The Morgan fingerprint density at radius 2 is 1.89 bits per heavy atom. The molecule has 47 heavy (non-hydrogen) atoms. The van der Waals surface area contributed by atoms with Gasteiger partial charge in [0.1, 0.15) is 6.10 Å². The first-order valence-corrected chi connectivity index (χ1v) is 17.6. The van der Waals surface area contributed by atoms with Crippen LogP contribution in [0.15, 0.2) is 58.4 Å². The molecule has 13 heteroatoms. The van der Waals surface area contributed by atoms with E-state index in [1.54, 1.807) is 12.3 Å². The highest BCUT2D eigenvalue weighted by molar-refractivity contribution is 7.89. The van der Waals surface area contributed by atoms with Gasteiger partial charge in [0, 0.05) is 36.8 Å². The van der Waals surface area contributed by atoms with Crippen LogP contribution < -0.4 is 5.32 Å². The molecule has 0 spiro atoms. The van der Waals surface area contributed by atoms with Crippen molar-refractivity contribution in [3.63, 3.8) is 0 Å². The molecule has 1 aromatic heterocycles. The molecule has 2 aromatic carbocycles. The van der Waals surface area contributed by atoms with Gasteiger partial charge >= 0.3 is 6.09 Å². The number of H-pyrrole nitrogens is 1. The summed E-state index contributed by atoms with van der Waals surface area (Å²) in [6.45, 7) is 9.02. The number of aromatic nitrogens is 1. The number of nitrogens with zero attached hydrogens (tertiary/aromatic N) is 2. The largest absolute Gasteiger partial charge is 0.494 e. The maximum atomic E-state index is 14.2. The number of alkyl carbamates (subject to hydrolysis) is 1.